The van der Waals surface area contributed by atoms with Crippen LogP contribution >= 0.6 is 0 Å². The normalized spacial score (nSPS) is 24.9. The van der Waals surface area contributed by atoms with Crippen LogP contribution in [0.4, 0.5) is 0 Å². The lowest BCUT2D eigenvalue weighted by Crippen LogP contribution is -2.30. The van der Waals surface area contributed by atoms with Crippen molar-refractivity contribution in [2.75, 3.05) is 13.2 Å². The van der Waals surface area contributed by atoms with E-state index in [1.807, 2.05) is 6.33 Å². The van der Waals surface area contributed by atoms with E-state index in [1.165, 1.54) is 12.8 Å². The summed E-state index contributed by atoms with van der Waals surface area (Å²) in [6.45, 7) is 1.59. The molecule has 1 aromatic heterocycles. The Bertz CT molecular complexity index is 440. The Morgan fingerprint density at radius 3 is 3.11 bits per heavy atom. The van der Waals surface area contributed by atoms with Crippen LogP contribution in [0.15, 0.2) is 12.5 Å². The summed E-state index contributed by atoms with van der Waals surface area (Å²) in [7, 11) is 0. The average Bonchev–Trinajstić information content (AvgIpc) is 2.92. The summed E-state index contributed by atoms with van der Waals surface area (Å²) in [5.74, 6) is 0. The summed E-state index contributed by atoms with van der Waals surface area (Å²) in [5, 5.41) is 12.6. The van der Waals surface area contributed by atoms with E-state index in [-0.39, 0.29) is 12.1 Å². The quantitative estimate of drug-likeness (QED) is 0.856. The van der Waals surface area contributed by atoms with Gasteiger partial charge in [-0.1, -0.05) is 0 Å². The van der Waals surface area contributed by atoms with Crippen molar-refractivity contribution in [1.82, 2.24) is 14.9 Å². The van der Waals surface area contributed by atoms with Gasteiger partial charge in [0.25, 0.3) is 0 Å². The van der Waals surface area contributed by atoms with Crippen molar-refractivity contribution in [2.45, 2.75) is 43.9 Å². The maximum atomic E-state index is 9.30. The second-order valence-electron chi connectivity index (χ2n) is 5.06. The predicted octanol–water partition coefficient (Wildman–Crippen LogP) is 1.55. The van der Waals surface area contributed by atoms with Crippen molar-refractivity contribution < 1.29 is 4.74 Å². The molecular weight excluding hydrogens is 228 g/mol. The summed E-state index contributed by atoms with van der Waals surface area (Å²) in [6, 6.07) is 2.60. The Morgan fingerprint density at radius 2 is 2.44 bits per heavy atom. The molecule has 1 aliphatic heterocycles. The molecule has 96 valence electrons. The first-order valence-electron chi connectivity index (χ1n) is 6.65. The van der Waals surface area contributed by atoms with Crippen molar-refractivity contribution in [3.8, 4) is 6.07 Å². The maximum Gasteiger partial charge on any atom is 0.138 e. The number of nitrogens with one attached hydrogen (secondary N) is 1. The smallest absolute Gasteiger partial charge is 0.138 e. The SMILES string of the molecule is N#CC(NCC1CCCO1)c1cncn1C1CC1. The second-order valence-corrected chi connectivity index (χ2v) is 5.06. The van der Waals surface area contributed by atoms with Crippen LogP contribution in [-0.2, 0) is 4.74 Å². The first kappa shape index (κ1) is 11.7. The summed E-state index contributed by atoms with van der Waals surface area (Å²) in [4.78, 5) is 4.17. The van der Waals surface area contributed by atoms with E-state index in [9.17, 15) is 5.26 Å². The molecule has 2 unspecified atom stereocenters. The molecule has 0 bridgehead atoms. The number of nitriles is 1. The van der Waals surface area contributed by atoms with Gasteiger partial charge in [0.2, 0.25) is 0 Å². The van der Waals surface area contributed by atoms with E-state index < -0.39 is 0 Å². The van der Waals surface area contributed by atoms with Gasteiger partial charge in [-0.15, -0.1) is 0 Å². The highest BCUT2D eigenvalue weighted by atomic mass is 16.5. The molecule has 0 amide bonds. The highest BCUT2D eigenvalue weighted by Gasteiger charge is 2.28. The number of rotatable bonds is 5. The molecule has 2 heterocycles. The van der Waals surface area contributed by atoms with Gasteiger partial charge in [-0.3, -0.25) is 5.32 Å². The minimum absolute atomic E-state index is 0.262. The van der Waals surface area contributed by atoms with Crippen LogP contribution in [0.5, 0.6) is 0 Å². The molecule has 2 aliphatic rings. The van der Waals surface area contributed by atoms with Crippen molar-refractivity contribution in [2.24, 2.45) is 0 Å². The fourth-order valence-electron chi connectivity index (χ4n) is 2.47. The van der Waals surface area contributed by atoms with Gasteiger partial charge in [-0.2, -0.15) is 5.26 Å². The summed E-state index contributed by atoms with van der Waals surface area (Å²) >= 11 is 0. The fraction of sp³-hybridized carbons (Fsp3) is 0.692. The third-order valence-corrected chi connectivity index (χ3v) is 3.63. The van der Waals surface area contributed by atoms with Crippen molar-refractivity contribution >= 4 is 0 Å². The van der Waals surface area contributed by atoms with Gasteiger partial charge in [0, 0.05) is 19.2 Å². The number of nitrogens with zero attached hydrogens (tertiary/aromatic N) is 3. The Hall–Kier alpha value is -1.38. The minimum Gasteiger partial charge on any atom is -0.377 e. The van der Waals surface area contributed by atoms with E-state index in [4.69, 9.17) is 4.74 Å². The lowest BCUT2D eigenvalue weighted by atomic mass is 10.2. The van der Waals surface area contributed by atoms with Gasteiger partial charge < -0.3 is 9.30 Å². The Balaban J connectivity index is 1.63. The van der Waals surface area contributed by atoms with Gasteiger partial charge in [0.15, 0.2) is 0 Å². The molecule has 0 radical (unpaired) electrons. The van der Waals surface area contributed by atoms with Crippen molar-refractivity contribution in [3.05, 3.63) is 18.2 Å². The number of imidazole rings is 1. The zero-order valence-corrected chi connectivity index (χ0v) is 10.4. The summed E-state index contributed by atoms with van der Waals surface area (Å²) in [5.41, 5.74) is 0.984. The predicted molar refractivity (Wildman–Crippen MR) is 65.8 cm³/mol. The van der Waals surface area contributed by atoms with Crippen LogP contribution in [-0.4, -0.2) is 28.8 Å². The Morgan fingerprint density at radius 1 is 1.56 bits per heavy atom. The van der Waals surface area contributed by atoms with E-state index in [0.29, 0.717) is 6.04 Å². The van der Waals surface area contributed by atoms with Crippen LogP contribution in [0.2, 0.25) is 0 Å². The molecule has 18 heavy (non-hydrogen) atoms. The Labute approximate surface area is 107 Å². The highest BCUT2D eigenvalue weighted by Crippen LogP contribution is 2.36. The lowest BCUT2D eigenvalue weighted by Gasteiger charge is -2.16. The molecule has 0 aromatic carbocycles. The molecule has 2 fully saturated rings. The molecule has 5 nitrogen and oxygen atoms in total. The average molecular weight is 246 g/mol. The zero-order valence-electron chi connectivity index (χ0n) is 10.4. The largest absolute Gasteiger partial charge is 0.377 e. The number of hydrogen-bond acceptors (Lipinski definition) is 4. The van der Waals surface area contributed by atoms with Crippen molar-refractivity contribution in [3.63, 3.8) is 0 Å². The van der Waals surface area contributed by atoms with Crippen LogP contribution in [0, 0.1) is 11.3 Å². The molecule has 1 saturated heterocycles. The first-order chi connectivity index (χ1) is 8.88. The molecule has 0 spiro atoms. The van der Waals surface area contributed by atoms with Crippen molar-refractivity contribution in [1.29, 1.82) is 5.26 Å². The lowest BCUT2D eigenvalue weighted by molar-refractivity contribution is 0.108. The van der Waals surface area contributed by atoms with E-state index in [1.54, 1.807) is 6.20 Å². The van der Waals surface area contributed by atoms with Crippen LogP contribution in [0.1, 0.15) is 43.5 Å². The van der Waals surface area contributed by atoms with Gasteiger partial charge in [-0.25, -0.2) is 4.98 Å². The summed E-state index contributed by atoms with van der Waals surface area (Å²) in [6.07, 6.45) is 8.52. The number of aromatic nitrogens is 2. The molecule has 1 saturated carbocycles. The van der Waals surface area contributed by atoms with Gasteiger partial charge in [0.1, 0.15) is 6.04 Å². The molecular formula is C13H18N4O. The Kier molecular flexibility index (Phi) is 3.31. The maximum absolute atomic E-state index is 9.30. The molecule has 1 aliphatic carbocycles. The zero-order chi connectivity index (χ0) is 12.4. The topological polar surface area (TPSA) is 62.9 Å². The highest BCUT2D eigenvalue weighted by molar-refractivity contribution is 5.16. The standard InChI is InChI=1S/C13H18N4O/c14-6-12(16-7-11-2-1-5-18-11)13-8-15-9-17(13)10-3-4-10/h8-12,16H,1-5,7H2. The van der Waals surface area contributed by atoms with Gasteiger partial charge in [-0.05, 0) is 25.7 Å². The van der Waals surface area contributed by atoms with Crippen LogP contribution < -0.4 is 5.32 Å². The molecule has 2 atom stereocenters. The van der Waals surface area contributed by atoms with Crippen LogP contribution in [0.3, 0.4) is 0 Å². The van der Waals surface area contributed by atoms with E-state index in [0.717, 1.165) is 31.7 Å². The monoisotopic (exact) mass is 246 g/mol. The van der Waals surface area contributed by atoms with E-state index in [2.05, 4.69) is 20.9 Å². The van der Waals surface area contributed by atoms with Crippen LogP contribution in [0.25, 0.3) is 0 Å². The first-order valence-corrected chi connectivity index (χ1v) is 6.65. The number of hydrogen-bond donors (Lipinski definition) is 1. The number of ether oxygens (including phenoxy) is 1. The minimum atomic E-state index is -0.280. The third-order valence-electron chi connectivity index (χ3n) is 3.63. The van der Waals surface area contributed by atoms with Gasteiger partial charge in [0.05, 0.1) is 30.4 Å². The third kappa shape index (κ3) is 2.40. The molecule has 1 N–H and O–H groups in total. The summed E-state index contributed by atoms with van der Waals surface area (Å²) < 4.78 is 7.70. The van der Waals surface area contributed by atoms with E-state index >= 15 is 0 Å². The molecule has 3 rings (SSSR count). The molecule has 1 aromatic rings. The molecule has 5 heteroatoms. The van der Waals surface area contributed by atoms with Gasteiger partial charge >= 0.3 is 0 Å². The fourth-order valence-corrected chi connectivity index (χ4v) is 2.47. The second kappa shape index (κ2) is 5.09.